The number of aryl methyl sites for hydroxylation is 3. The summed E-state index contributed by atoms with van der Waals surface area (Å²) in [5.41, 5.74) is 5.22. The smallest absolute Gasteiger partial charge is 0.0411 e. The standard InChI is InChI=1S/C36H40S.C12H24S/c1-22(2)37(23(3)4,24(5)6)15-14-32-35-19-29-13-11-10-12-28(29)18-33(35)27(9)34-20-30-16-25(7)26(8)17-31(30)21-36(32)34;1-8-9-13(10(2)3,11(4)5)12(6)7/h10-13,16-24H,1-9H3;10-12H,1-7H3. The first kappa shape index (κ1) is 39.7. The van der Waals surface area contributed by atoms with Gasteiger partial charge in [-0.2, -0.15) is 20.1 Å². The number of hydrogen-bond acceptors (Lipinski definition) is 0. The van der Waals surface area contributed by atoms with Gasteiger partial charge in [-0.15, -0.1) is 0 Å². The Bertz CT molecular complexity index is 2090. The molecule has 0 aliphatic rings. The van der Waals surface area contributed by atoms with Gasteiger partial charge in [0.1, 0.15) is 0 Å². The topological polar surface area (TPSA) is 0 Å². The average Bonchev–Trinajstić information content (AvgIpc) is 3.03. The molecule has 0 atom stereocenters. The lowest BCUT2D eigenvalue weighted by Gasteiger charge is -2.46. The second-order valence-electron chi connectivity index (χ2n) is 15.8. The predicted molar refractivity (Wildman–Crippen MR) is 237 cm³/mol. The molecule has 0 unspecified atom stereocenters. The third kappa shape index (κ3) is 7.19. The molecule has 0 radical (unpaired) electrons. The van der Waals surface area contributed by atoms with Crippen LogP contribution in [0, 0.1) is 43.1 Å². The number of hydrogen-bond donors (Lipinski definition) is 0. The fourth-order valence-electron chi connectivity index (χ4n) is 8.57. The van der Waals surface area contributed by atoms with Gasteiger partial charge < -0.3 is 0 Å². The van der Waals surface area contributed by atoms with E-state index in [2.05, 4.69) is 187 Å². The van der Waals surface area contributed by atoms with Crippen molar-refractivity contribution >= 4 is 63.1 Å². The monoisotopic (exact) mass is 704 g/mol. The highest BCUT2D eigenvalue weighted by Gasteiger charge is 2.34. The van der Waals surface area contributed by atoms with E-state index in [1.165, 1.54) is 65.3 Å². The van der Waals surface area contributed by atoms with E-state index in [9.17, 15) is 0 Å². The van der Waals surface area contributed by atoms with Crippen LogP contribution in [-0.2, 0) is 0 Å². The highest BCUT2D eigenvalue weighted by Crippen LogP contribution is 2.60. The highest BCUT2D eigenvalue weighted by molar-refractivity contribution is 8.39. The van der Waals surface area contributed by atoms with E-state index in [4.69, 9.17) is 0 Å². The van der Waals surface area contributed by atoms with Crippen LogP contribution in [0.5, 0.6) is 0 Å². The summed E-state index contributed by atoms with van der Waals surface area (Å²) in [7, 11) is -1.91. The lowest BCUT2D eigenvalue weighted by atomic mass is 9.89. The van der Waals surface area contributed by atoms with Gasteiger partial charge in [-0.1, -0.05) is 137 Å². The molecule has 0 saturated heterocycles. The normalized spacial score (nSPS) is 13.0. The third-order valence-corrected chi connectivity index (χ3v) is 21.5. The molecule has 5 rings (SSSR count). The summed E-state index contributed by atoms with van der Waals surface area (Å²) in [5.74, 6) is 7.02. The molecule has 2 heteroatoms. The molecule has 268 valence electrons. The number of rotatable bonds is 6. The summed E-state index contributed by atoms with van der Waals surface area (Å²) in [5, 5.41) is 21.7. The van der Waals surface area contributed by atoms with Crippen LogP contribution in [0.1, 0.15) is 112 Å². The van der Waals surface area contributed by atoms with Gasteiger partial charge in [0.15, 0.2) is 0 Å². The van der Waals surface area contributed by atoms with Crippen molar-refractivity contribution in [2.75, 3.05) is 0 Å². The Balaban J connectivity index is 0.000000369. The maximum atomic E-state index is 4.00. The Kier molecular flexibility index (Phi) is 12.5. The van der Waals surface area contributed by atoms with E-state index < -0.39 is 20.1 Å². The maximum absolute atomic E-state index is 4.00. The van der Waals surface area contributed by atoms with Gasteiger partial charge in [-0.05, 0) is 148 Å². The van der Waals surface area contributed by atoms with E-state index >= 15 is 0 Å². The van der Waals surface area contributed by atoms with Crippen molar-refractivity contribution in [3.05, 3.63) is 82.9 Å². The summed E-state index contributed by atoms with van der Waals surface area (Å²) < 4.78 is 0. The van der Waals surface area contributed by atoms with Gasteiger partial charge in [-0.25, -0.2) is 0 Å². The molecule has 0 amide bonds. The van der Waals surface area contributed by atoms with Crippen LogP contribution in [0.4, 0.5) is 0 Å². The molecular weight excluding hydrogens is 641 g/mol. The Morgan fingerprint density at radius 3 is 1.14 bits per heavy atom. The first-order valence-corrected chi connectivity index (χ1v) is 22.4. The molecule has 5 aromatic rings. The minimum absolute atomic E-state index is 0.551. The van der Waals surface area contributed by atoms with Crippen LogP contribution < -0.4 is 0 Å². The van der Waals surface area contributed by atoms with Crippen LogP contribution in [0.25, 0.3) is 43.1 Å². The first-order chi connectivity index (χ1) is 23.4. The van der Waals surface area contributed by atoms with Gasteiger partial charge in [-0.3, -0.25) is 0 Å². The van der Waals surface area contributed by atoms with Crippen molar-refractivity contribution in [1.29, 1.82) is 0 Å². The molecule has 5 aromatic carbocycles. The van der Waals surface area contributed by atoms with Crippen molar-refractivity contribution in [1.82, 2.24) is 0 Å². The molecule has 0 nitrogen and oxygen atoms in total. The molecule has 0 fully saturated rings. The lowest BCUT2D eigenvalue weighted by Crippen LogP contribution is -2.27. The summed E-state index contributed by atoms with van der Waals surface area (Å²) in [6.45, 7) is 36.8. The Morgan fingerprint density at radius 1 is 0.440 bits per heavy atom. The van der Waals surface area contributed by atoms with Crippen molar-refractivity contribution in [3.63, 3.8) is 0 Å². The molecule has 0 aromatic heterocycles. The summed E-state index contributed by atoms with van der Waals surface area (Å²) in [4.78, 5) is 0. The maximum Gasteiger partial charge on any atom is 0.0411 e. The minimum atomic E-state index is -1.15. The zero-order valence-electron chi connectivity index (χ0n) is 34.1. The SMILES string of the molecule is CC#CS(C(C)C)(C(C)C)C(C)C.Cc1cc2cc3c(C)c4cc5ccccc5cc4c(C#CS(C(C)C)(C(C)C)C(C)C)c3cc2cc1C. The molecule has 0 aliphatic carbocycles. The van der Waals surface area contributed by atoms with Crippen molar-refractivity contribution < 1.29 is 0 Å². The molecule has 50 heavy (non-hydrogen) atoms. The van der Waals surface area contributed by atoms with E-state index in [1.807, 2.05) is 6.92 Å². The van der Waals surface area contributed by atoms with Crippen LogP contribution >= 0.6 is 20.1 Å². The van der Waals surface area contributed by atoms with Gasteiger partial charge in [0.2, 0.25) is 0 Å². The van der Waals surface area contributed by atoms with Crippen molar-refractivity contribution in [2.45, 2.75) is 142 Å². The molecule has 0 aliphatic heterocycles. The fourth-order valence-corrected chi connectivity index (χ4v) is 17.1. The highest BCUT2D eigenvalue weighted by atomic mass is 32.3. The van der Waals surface area contributed by atoms with Crippen LogP contribution in [0.2, 0.25) is 0 Å². The van der Waals surface area contributed by atoms with Crippen molar-refractivity contribution in [2.24, 2.45) is 0 Å². The predicted octanol–water partition coefficient (Wildman–Crippen LogP) is 14.6. The van der Waals surface area contributed by atoms with E-state index in [-0.39, 0.29) is 0 Å². The molecule has 0 spiro atoms. The summed E-state index contributed by atoms with van der Waals surface area (Å²) >= 11 is 0. The van der Waals surface area contributed by atoms with Gasteiger partial charge in [0.05, 0.1) is 0 Å². The lowest BCUT2D eigenvalue weighted by molar-refractivity contribution is 0.959. The van der Waals surface area contributed by atoms with E-state index in [0.717, 1.165) is 0 Å². The van der Waals surface area contributed by atoms with Crippen molar-refractivity contribution in [3.8, 4) is 22.3 Å². The molecule has 0 N–H and O–H groups in total. The molecule has 0 heterocycles. The average molecular weight is 705 g/mol. The summed E-state index contributed by atoms with van der Waals surface area (Å²) in [6, 6.07) is 23.0. The Labute approximate surface area is 309 Å². The first-order valence-electron chi connectivity index (χ1n) is 18.8. The second-order valence-corrected chi connectivity index (χ2v) is 24.9. The molecule has 0 saturated carbocycles. The van der Waals surface area contributed by atoms with Gasteiger partial charge >= 0.3 is 0 Å². The van der Waals surface area contributed by atoms with E-state index in [0.29, 0.717) is 31.5 Å². The van der Waals surface area contributed by atoms with Crippen LogP contribution in [-0.4, -0.2) is 31.5 Å². The zero-order valence-corrected chi connectivity index (χ0v) is 35.7. The van der Waals surface area contributed by atoms with E-state index in [1.54, 1.807) is 0 Å². The quantitative estimate of drug-likeness (QED) is 0.122. The Morgan fingerprint density at radius 2 is 0.780 bits per heavy atom. The van der Waals surface area contributed by atoms with Crippen LogP contribution in [0.3, 0.4) is 0 Å². The van der Waals surface area contributed by atoms with Gasteiger partial charge in [0.25, 0.3) is 0 Å². The largest absolute Gasteiger partial charge is 0.170 e. The molecule has 0 bridgehead atoms. The Hall–Kier alpha value is -3.04. The second kappa shape index (κ2) is 15.7. The minimum Gasteiger partial charge on any atom is -0.170 e. The number of benzene rings is 5. The number of fused-ring (bicyclic) bond motifs is 4. The van der Waals surface area contributed by atoms with Gasteiger partial charge in [0, 0.05) is 5.56 Å². The fraction of sp³-hybridized carbons (Fsp3) is 0.458. The molecular formula is C48H64S2. The van der Waals surface area contributed by atoms with Crippen LogP contribution in [0.15, 0.2) is 60.7 Å². The third-order valence-electron chi connectivity index (χ3n) is 11.1. The summed E-state index contributed by atoms with van der Waals surface area (Å²) in [6.07, 6.45) is 0. The zero-order chi connectivity index (χ0) is 37.3.